The Bertz CT molecular complexity index is 481. The zero-order chi connectivity index (χ0) is 14.4. The van der Waals surface area contributed by atoms with E-state index in [0.29, 0.717) is 19.3 Å². The number of carbonyl (C=O) groups is 2. The van der Waals surface area contributed by atoms with Gasteiger partial charge in [-0.1, -0.05) is 37.0 Å². The standard InChI is InChI=1S/C14H16Cl2O3/c1-14(2)7(6-10(15)16)12(14)13(19)11-8(17)4-3-5-9(11)18/h6-7,12,19H,3-5H2,1-2H3. The van der Waals surface area contributed by atoms with E-state index >= 15 is 0 Å². The topological polar surface area (TPSA) is 54.4 Å². The fraction of sp³-hybridized carbons (Fsp3) is 0.571. The lowest BCUT2D eigenvalue weighted by atomic mass is 9.89. The summed E-state index contributed by atoms with van der Waals surface area (Å²) in [5, 5.41) is 10.3. The number of hydrogen-bond acceptors (Lipinski definition) is 3. The van der Waals surface area contributed by atoms with Gasteiger partial charge in [-0.25, -0.2) is 0 Å². The van der Waals surface area contributed by atoms with Gasteiger partial charge in [-0.3, -0.25) is 9.59 Å². The van der Waals surface area contributed by atoms with Crippen LogP contribution in [0.15, 0.2) is 21.9 Å². The molecule has 2 aliphatic carbocycles. The summed E-state index contributed by atoms with van der Waals surface area (Å²) < 4.78 is 0.139. The summed E-state index contributed by atoms with van der Waals surface area (Å²) in [6.45, 7) is 3.90. The van der Waals surface area contributed by atoms with Gasteiger partial charge in [0.05, 0.1) is 5.57 Å². The molecule has 0 aromatic carbocycles. The lowest BCUT2D eigenvalue weighted by Crippen LogP contribution is -2.21. The third-order valence-corrected chi connectivity index (χ3v) is 4.38. The highest BCUT2D eigenvalue weighted by atomic mass is 35.5. The Kier molecular flexibility index (Phi) is 3.80. The molecule has 0 saturated heterocycles. The minimum absolute atomic E-state index is 0.00841. The second kappa shape index (κ2) is 4.95. The molecule has 19 heavy (non-hydrogen) atoms. The summed E-state index contributed by atoms with van der Waals surface area (Å²) >= 11 is 11.3. The van der Waals surface area contributed by atoms with Gasteiger partial charge in [0.2, 0.25) is 0 Å². The molecule has 0 bridgehead atoms. The summed E-state index contributed by atoms with van der Waals surface area (Å²) in [6, 6.07) is 0. The Labute approximate surface area is 122 Å². The van der Waals surface area contributed by atoms with Crippen molar-refractivity contribution in [3.63, 3.8) is 0 Å². The molecule has 0 aromatic rings. The lowest BCUT2D eigenvalue weighted by molar-refractivity contribution is -0.124. The van der Waals surface area contributed by atoms with Crippen molar-refractivity contribution in [1.82, 2.24) is 0 Å². The number of rotatable bonds is 2. The maximum absolute atomic E-state index is 11.8. The number of hydrogen-bond donors (Lipinski definition) is 1. The zero-order valence-electron chi connectivity index (χ0n) is 10.9. The second-order valence-electron chi connectivity index (χ2n) is 5.74. The van der Waals surface area contributed by atoms with Crippen LogP contribution in [-0.4, -0.2) is 16.7 Å². The molecule has 2 unspecified atom stereocenters. The van der Waals surface area contributed by atoms with Crippen molar-refractivity contribution in [1.29, 1.82) is 0 Å². The molecule has 0 aliphatic heterocycles. The monoisotopic (exact) mass is 302 g/mol. The van der Waals surface area contributed by atoms with Crippen LogP contribution in [0.25, 0.3) is 0 Å². The van der Waals surface area contributed by atoms with E-state index < -0.39 is 0 Å². The highest BCUT2D eigenvalue weighted by Gasteiger charge is 2.60. The Balaban J connectivity index is 2.34. The van der Waals surface area contributed by atoms with Gasteiger partial charge in [-0.05, 0) is 23.8 Å². The molecule has 5 heteroatoms. The largest absolute Gasteiger partial charge is 0.511 e. The lowest BCUT2D eigenvalue weighted by Gasteiger charge is -2.14. The minimum atomic E-state index is -0.263. The van der Waals surface area contributed by atoms with Gasteiger partial charge in [-0.15, -0.1) is 0 Å². The average Bonchev–Trinajstić information content (AvgIpc) is 2.78. The first-order chi connectivity index (χ1) is 8.76. The summed E-state index contributed by atoms with van der Waals surface area (Å²) in [6.07, 6.45) is 2.88. The SMILES string of the molecule is CC1(C)C(C=C(Cl)Cl)C1C(O)=C1C(=O)CCCC1=O. The van der Waals surface area contributed by atoms with Crippen LogP contribution in [-0.2, 0) is 9.59 Å². The molecular weight excluding hydrogens is 287 g/mol. The van der Waals surface area contributed by atoms with E-state index in [2.05, 4.69) is 0 Å². The summed E-state index contributed by atoms with van der Waals surface area (Å²) in [7, 11) is 0. The molecule has 0 radical (unpaired) electrons. The van der Waals surface area contributed by atoms with Gasteiger partial charge in [-0.2, -0.15) is 0 Å². The fourth-order valence-electron chi connectivity index (χ4n) is 2.90. The first-order valence-electron chi connectivity index (χ1n) is 6.29. The minimum Gasteiger partial charge on any atom is -0.511 e. The molecule has 0 aromatic heterocycles. The molecule has 0 spiro atoms. The molecule has 0 heterocycles. The van der Waals surface area contributed by atoms with Crippen LogP contribution in [0.2, 0.25) is 0 Å². The number of Topliss-reactive ketones (excluding diaryl/α,β-unsaturated/α-hetero) is 2. The molecular formula is C14H16Cl2O3. The Morgan fingerprint density at radius 2 is 1.79 bits per heavy atom. The molecule has 2 atom stereocenters. The molecule has 3 nitrogen and oxygen atoms in total. The van der Waals surface area contributed by atoms with Crippen LogP contribution in [0.1, 0.15) is 33.1 Å². The third-order valence-electron chi connectivity index (χ3n) is 4.13. The van der Waals surface area contributed by atoms with Crippen molar-refractivity contribution in [3.8, 4) is 0 Å². The quantitative estimate of drug-likeness (QED) is 0.480. The maximum atomic E-state index is 11.8. The van der Waals surface area contributed by atoms with E-state index in [1.165, 1.54) is 0 Å². The summed E-state index contributed by atoms with van der Waals surface area (Å²) in [4.78, 5) is 23.6. The van der Waals surface area contributed by atoms with Crippen LogP contribution in [0.3, 0.4) is 0 Å². The third kappa shape index (κ3) is 2.59. The van der Waals surface area contributed by atoms with Gasteiger partial charge in [0.25, 0.3) is 0 Å². The Hall–Kier alpha value is -0.800. The van der Waals surface area contributed by atoms with E-state index in [0.717, 1.165) is 0 Å². The van der Waals surface area contributed by atoms with E-state index in [1.54, 1.807) is 6.08 Å². The Morgan fingerprint density at radius 3 is 2.26 bits per heavy atom. The highest BCUT2D eigenvalue weighted by Crippen LogP contribution is 2.63. The van der Waals surface area contributed by atoms with Crippen LogP contribution in [0.4, 0.5) is 0 Å². The van der Waals surface area contributed by atoms with E-state index in [-0.39, 0.29) is 44.6 Å². The molecule has 1 N–H and O–H groups in total. The van der Waals surface area contributed by atoms with E-state index in [9.17, 15) is 14.7 Å². The molecule has 2 rings (SSSR count). The fourth-order valence-corrected chi connectivity index (χ4v) is 3.17. The van der Waals surface area contributed by atoms with Crippen molar-refractivity contribution in [3.05, 3.63) is 21.9 Å². The number of ketones is 2. The van der Waals surface area contributed by atoms with Crippen molar-refractivity contribution in [2.45, 2.75) is 33.1 Å². The average molecular weight is 303 g/mol. The first-order valence-corrected chi connectivity index (χ1v) is 7.04. The van der Waals surface area contributed by atoms with Crippen LogP contribution in [0, 0.1) is 17.3 Å². The number of halogens is 2. The van der Waals surface area contributed by atoms with Crippen LogP contribution < -0.4 is 0 Å². The zero-order valence-corrected chi connectivity index (χ0v) is 12.4. The van der Waals surface area contributed by atoms with Crippen molar-refractivity contribution >= 4 is 34.8 Å². The van der Waals surface area contributed by atoms with E-state index in [1.807, 2.05) is 13.8 Å². The number of aliphatic hydroxyl groups is 1. The normalized spacial score (nSPS) is 29.2. The second-order valence-corrected chi connectivity index (χ2v) is 6.75. The van der Waals surface area contributed by atoms with Crippen molar-refractivity contribution in [2.75, 3.05) is 0 Å². The van der Waals surface area contributed by atoms with Gasteiger partial charge in [0.1, 0.15) is 10.3 Å². The van der Waals surface area contributed by atoms with Crippen LogP contribution in [0.5, 0.6) is 0 Å². The molecule has 2 aliphatic rings. The number of aliphatic hydroxyl groups excluding tert-OH is 1. The first kappa shape index (κ1) is 14.6. The van der Waals surface area contributed by atoms with Crippen molar-refractivity contribution < 1.29 is 14.7 Å². The maximum Gasteiger partial charge on any atom is 0.169 e. The number of allylic oxidation sites excluding steroid dienone is 3. The number of carbonyl (C=O) groups excluding carboxylic acids is 2. The smallest absolute Gasteiger partial charge is 0.169 e. The van der Waals surface area contributed by atoms with E-state index in [4.69, 9.17) is 23.2 Å². The predicted molar refractivity (Wildman–Crippen MR) is 74.1 cm³/mol. The molecule has 2 saturated carbocycles. The van der Waals surface area contributed by atoms with Crippen molar-refractivity contribution in [2.24, 2.45) is 17.3 Å². The van der Waals surface area contributed by atoms with Gasteiger partial charge in [0, 0.05) is 18.8 Å². The van der Waals surface area contributed by atoms with Gasteiger partial charge >= 0.3 is 0 Å². The van der Waals surface area contributed by atoms with Crippen LogP contribution >= 0.6 is 23.2 Å². The molecule has 0 amide bonds. The predicted octanol–water partition coefficient (Wildman–Crippen LogP) is 3.71. The highest BCUT2D eigenvalue weighted by molar-refractivity contribution is 6.55. The van der Waals surface area contributed by atoms with Gasteiger partial charge in [0.15, 0.2) is 11.6 Å². The Morgan fingerprint density at radius 1 is 1.26 bits per heavy atom. The summed E-state index contributed by atoms with van der Waals surface area (Å²) in [5.41, 5.74) is -0.254. The molecule has 104 valence electrons. The summed E-state index contributed by atoms with van der Waals surface area (Å²) in [5.74, 6) is -0.906. The van der Waals surface area contributed by atoms with Gasteiger partial charge < -0.3 is 5.11 Å². The molecule has 2 fully saturated rings.